The van der Waals surface area contributed by atoms with Crippen LogP contribution in [0.4, 0.5) is 9.18 Å². The van der Waals surface area contributed by atoms with Crippen molar-refractivity contribution >= 4 is 6.09 Å². The van der Waals surface area contributed by atoms with Gasteiger partial charge in [-0.25, -0.2) is 9.18 Å². The Kier molecular flexibility index (Phi) is 3.28. The molecule has 0 bridgehead atoms. The van der Waals surface area contributed by atoms with E-state index in [1.807, 2.05) is 0 Å². The second-order valence-corrected chi connectivity index (χ2v) is 4.20. The first-order valence-electron chi connectivity index (χ1n) is 5.56. The molecule has 0 radical (unpaired) electrons. The van der Waals surface area contributed by atoms with Gasteiger partial charge in [0.05, 0.1) is 6.04 Å². The fourth-order valence-corrected chi connectivity index (χ4v) is 2.22. The molecule has 0 aliphatic carbocycles. The third kappa shape index (κ3) is 2.39. The average molecular weight is 238 g/mol. The maximum absolute atomic E-state index is 13.0. The first-order chi connectivity index (χ1) is 8.09. The summed E-state index contributed by atoms with van der Waals surface area (Å²) in [6.45, 7) is 3.48. The summed E-state index contributed by atoms with van der Waals surface area (Å²) in [5.74, 6) is -0.295. The lowest BCUT2D eigenvalue weighted by atomic mass is 9.98. The lowest BCUT2D eigenvalue weighted by molar-refractivity contribution is 0.112. The molecule has 1 atom stereocenters. The van der Waals surface area contributed by atoms with Crippen molar-refractivity contribution in [2.24, 2.45) is 0 Å². The highest BCUT2D eigenvalue weighted by atomic mass is 19.1. The summed E-state index contributed by atoms with van der Waals surface area (Å²) in [5.41, 5.74) is 1.64. The highest BCUT2D eigenvalue weighted by Gasteiger charge is 2.28. The van der Waals surface area contributed by atoms with Crippen molar-refractivity contribution < 1.29 is 14.3 Å². The van der Waals surface area contributed by atoms with Gasteiger partial charge in [-0.3, -0.25) is 4.90 Å². The summed E-state index contributed by atoms with van der Waals surface area (Å²) in [6.07, 6.45) is -0.930. The number of amides is 1. The molecule has 1 amide bonds. The van der Waals surface area contributed by atoms with Crippen LogP contribution in [0.2, 0.25) is 0 Å². The fourth-order valence-electron chi connectivity index (χ4n) is 2.22. The zero-order valence-electron chi connectivity index (χ0n) is 9.61. The van der Waals surface area contributed by atoms with Crippen molar-refractivity contribution in [2.45, 2.75) is 13.0 Å². The summed E-state index contributed by atoms with van der Waals surface area (Å²) >= 11 is 0. The van der Waals surface area contributed by atoms with Gasteiger partial charge in [0.2, 0.25) is 0 Å². The Bertz CT molecular complexity index is 437. The lowest BCUT2D eigenvalue weighted by Gasteiger charge is -2.35. The van der Waals surface area contributed by atoms with Crippen LogP contribution in [0.25, 0.3) is 0 Å². The normalized spacial score (nSPS) is 20.4. The smallest absolute Gasteiger partial charge is 0.407 e. The third-order valence-corrected chi connectivity index (χ3v) is 3.08. The Morgan fingerprint density at radius 3 is 3.00 bits per heavy atom. The number of halogens is 1. The van der Waals surface area contributed by atoms with Crippen LogP contribution in [0.15, 0.2) is 18.2 Å². The van der Waals surface area contributed by atoms with E-state index in [1.165, 1.54) is 17.0 Å². The molecule has 0 spiro atoms. The van der Waals surface area contributed by atoms with Crippen molar-refractivity contribution in [1.82, 2.24) is 10.2 Å². The molecule has 1 aliphatic rings. The van der Waals surface area contributed by atoms with E-state index >= 15 is 0 Å². The Hall–Kier alpha value is -1.62. The highest BCUT2D eigenvalue weighted by Crippen LogP contribution is 2.25. The van der Waals surface area contributed by atoms with Gasteiger partial charge in [-0.15, -0.1) is 0 Å². The molecule has 1 heterocycles. The predicted octanol–water partition coefficient (Wildman–Crippen LogP) is 1.76. The molecule has 0 aromatic heterocycles. The van der Waals surface area contributed by atoms with Crippen LogP contribution in [-0.2, 0) is 0 Å². The van der Waals surface area contributed by atoms with Gasteiger partial charge in [0.1, 0.15) is 5.82 Å². The molecular weight excluding hydrogens is 223 g/mol. The predicted molar refractivity (Wildman–Crippen MR) is 61.5 cm³/mol. The third-order valence-electron chi connectivity index (χ3n) is 3.08. The van der Waals surface area contributed by atoms with Crippen molar-refractivity contribution in [2.75, 3.05) is 19.6 Å². The number of hydrogen-bond acceptors (Lipinski definition) is 2. The first kappa shape index (κ1) is 11.9. The maximum Gasteiger partial charge on any atom is 0.407 e. The molecule has 17 heavy (non-hydrogen) atoms. The summed E-state index contributed by atoms with van der Waals surface area (Å²) in [5, 5.41) is 12.3. The van der Waals surface area contributed by atoms with Gasteiger partial charge >= 0.3 is 6.09 Å². The van der Waals surface area contributed by atoms with Gasteiger partial charge in [-0.2, -0.15) is 0 Å². The standard InChI is InChI=1S/C12H15FN2O2/c1-8-6-9(13)2-3-10(8)11-7-14-4-5-15(11)12(16)17/h2-3,6,11,14H,4-5,7H2,1H3,(H,16,17)/t11-/m0/s1. The second-order valence-electron chi connectivity index (χ2n) is 4.20. The van der Waals surface area contributed by atoms with Crippen LogP contribution in [0.3, 0.4) is 0 Å². The first-order valence-corrected chi connectivity index (χ1v) is 5.56. The van der Waals surface area contributed by atoms with Crippen LogP contribution in [0.5, 0.6) is 0 Å². The zero-order valence-corrected chi connectivity index (χ0v) is 9.61. The van der Waals surface area contributed by atoms with Gasteiger partial charge in [0, 0.05) is 19.6 Å². The molecule has 0 saturated carbocycles. The van der Waals surface area contributed by atoms with E-state index in [9.17, 15) is 9.18 Å². The number of nitrogens with zero attached hydrogens (tertiary/aromatic N) is 1. The number of rotatable bonds is 1. The van der Waals surface area contributed by atoms with Crippen molar-refractivity contribution in [3.05, 3.63) is 35.1 Å². The minimum Gasteiger partial charge on any atom is -0.465 e. The van der Waals surface area contributed by atoms with Gasteiger partial charge in [-0.1, -0.05) is 6.07 Å². The van der Waals surface area contributed by atoms with Crippen LogP contribution < -0.4 is 5.32 Å². The number of piperazine rings is 1. The number of carboxylic acid groups (broad SMARTS) is 1. The molecule has 1 aromatic carbocycles. The highest BCUT2D eigenvalue weighted by molar-refractivity contribution is 5.66. The van der Waals surface area contributed by atoms with Crippen LogP contribution in [-0.4, -0.2) is 35.7 Å². The quantitative estimate of drug-likeness (QED) is 0.783. The topological polar surface area (TPSA) is 52.6 Å². The van der Waals surface area contributed by atoms with Crippen LogP contribution in [0.1, 0.15) is 17.2 Å². The van der Waals surface area contributed by atoms with E-state index in [1.54, 1.807) is 13.0 Å². The van der Waals surface area contributed by atoms with Gasteiger partial charge in [-0.05, 0) is 30.2 Å². The largest absolute Gasteiger partial charge is 0.465 e. The molecule has 1 fully saturated rings. The molecule has 1 saturated heterocycles. The number of hydrogen-bond donors (Lipinski definition) is 2. The molecule has 1 aliphatic heterocycles. The molecule has 5 heteroatoms. The number of nitrogens with one attached hydrogen (secondary N) is 1. The van der Waals surface area contributed by atoms with Crippen molar-refractivity contribution in [3.63, 3.8) is 0 Å². The van der Waals surface area contributed by atoms with Crippen LogP contribution >= 0.6 is 0 Å². The Morgan fingerprint density at radius 2 is 2.35 bits per heavy atom. The average Bonchev–Trinajstić information content (AvgIpc) is 2.29. The van der Waals surface area contributed by atoms with Crippen molar-refractivity contribution in [1.29, 1.82) is 0 Å². The molecule has 2 rings (SSSR count). The Labute approximate surface area is 99.0 Å². The molecule has 4 nitrogen and oxygen atoms in total. The molecule has 2 N–H and O–H groups in total. The SMILES string of the molecule is Cc1cc(F)ccc1[C@@H]1CNCCN1C(=O)O. The fraction of sp³-hybridized carbons (Fsp3) is 0.417. The van der Waals surface area contributed by atoms with E-state index in [4.69, 9.17) is 5.11 Å². The van der Waals surface area contributed by atoms with Gasteiger partial charge in [0.25, 0.3) is 0 Å². The van der Waals surface area contributed by atoms with E-state index in [0.29, 0.717) is 19.6 Å². The minimum absolute atomic E-state index is 0.234. The molecule has 0 unspecified atom stereocenters. The summed E-state index contributed by atoms with van der Waals surface area (Å²) in [7, 11) is 0. The zero-order chi connectivity index (χ0) is 12.4. The number of carbonyl (C=O) groups is 1. The molecular formula is C12H15FN2O2. The van der Waals surface area contributed by atoms with E-state index in [-0.39, 0.29) is 11.9 Å². The monoisotopic (exact) mass is 238 g/mol. The molecule has 1 aromatic rings. The maximum atomic E-state index is 13.0. The van der Waals surface area contributed by atoms with E-state index < -0.39 is 6.09 Å². The number of benzene rings is 1. The lowest BCUT2D eigenvalue weighted by Crippen LogP contribution is -2.48. The summed E-state index contributed by atoms with van der Waals surface area (Å²) in [6, 6.07) is 4.24. The van der Waals surface area contributed by atoms with Gasteiger partial charge < -0.3 is 10.4 Å². The Morgan fingerprint density at radius 1 is 1.59 bits per heavy atom. The molecule has 92 valence electrons. The summed E-state index contributed by atoms with van der Waals surface area (Å²) < 4.78 is 13.0. The van der Waals surface area contributed by atoms with Gasteiger partial charge in [0.15, 0.2) is 0 Å². The minimum atomic E-state index is -0.930. The van der Waals surface area contributed by atoms with Crippen LogP contribution in [0, 0.1) is 12.7 Å². The number of aryl methyl sites for hydroxylation is 1. The summed E-state index contributed by atoms with van der Waals surface area (Å²) in [4.78, 5) is 12.5. The van der Waals surface area contributed by atoms with E-state index in [2.05, 4.69) is 5.32 Å². The second kappa shape index (κ2) is 4.71. The van der Waals surface area contributed by atoms with E-state index in [0.717, 1.165) is 11.1 Å². The van der Waals surface area contributed by atoms with Crippen molar-refractivity contribution in [3.8, 4) is 0 Å². The Balaban J connectivity index is 2.32.